The smallest absolute Gasteiger partial charge is 0.220 e. The van der Waals surface area contributed by atoms with E-state index < -0.39 is 0 Å². The lowest BCUT2D eigenvalue weighted by molar-refractivity contribution is -0.119. The number of amides is 1. The fourth-order valence-electron chi connectivity index (χ4n) is 2.24. The number of thiophene rings is 1. The summed E-state index contributed by atoms with van der Waals surface area (Å²) in [6, 6.07) is 4.55. The van der Waals surface area contributed by atoms with Crippen LogP contribution in [0.15, 0.2) is 17.5 Å². The van der Waals surface area contributed by atoms with Gasteiger partial charge < -0.3 is 5.32 Å². The number of hydrogen-bond acceptors (Lipinski definition) is 2. The summed E-state index contributed by atoms with van der Waals surface area (Å²) >= 11 is 1.76. The predicted molar refractivity (Wildman–Crippen MR) is 63.1 cm³/mol. The van der Waals surface area contributed by atoms with E-state index in [1.165, 1.54) is 4.88 Å². The van der Waals surface area contributed by atoms with Crippen LogP contribution in [0.1, 0.15) is 37.5 Å². The predicted octanol–water partition coefficient (Wildman–Crippen LogP) is 2.77. The summed E-state index contributed by atoms with van der Waals surface area (Å²) in [5.41, 5.74) is 0. The van der Waals surface area contributed by atoms with E-state index in [0.29, 0.717) is 24.3 Å². The van der Waals surface area contributed by atoms with Gasteiger partial charge >= 0.3 is 0 Å². The van der Waals surface area contributed by atoms with Crippen molar-refractivity contribution in [2.75, 3.05) is 0 Å². The molecule has 1 aromatic rings. The molecular formula is C12H17NOS. The van der Waals surface area contributed by atoms with Gasteiger partial charge in [0.15, 0.2) is 0 Å². The standard InChI is InChI=1S/C12H17NOS/c1-8(2)6-10-9(7-12(14)13-10)11-4-3-5-15-11/h3-5,8-10H,6-7H2,1-2H3,(H,13,14). The Bertz CT molecular complexity index is 331. The Morgan fingerprint density at radius 1 is 1.60 bits per heavy atom. The molecule has 0 aliphatic carbocycles. The zero-order chi connectivity index (χ0) is 10.8. The Hall–Kier alpha value is -0.830. The highest BCUT2D eigenvalue weighted by Crippen LogP contribution is 2.34. The average Bonchev–Trinajstić information content (AvgIpc) is 2.72. The first-order chi connectivity index (χ1) is 7.16. The van der Waals surface area contributed by atoms with E-state index >= 15 is 0 Å². The summed E-state index contributed by atoms with van der Waals surface area (Å²) in [6.07, 6.45) is 1.74. The van der Waals surface area contributed by atoms with E-state index in [4.69, 9.17) is 0 Å². The molecule has 1 aliphatic heterocycles. The van der Waals surface area contributed by atoms with Gasteiger partial charge in [0.2, 0.25) is 5.91 Å². The SMILES string of the molecule is CC(C)CC1NC(=O)CC1c1cccs1. The summed E-state index contributed by atoms with van der Waals surface area (Å²) in [5.74, 6) is 1.25. The molecule has 0 bridgehead atoms. The van der Waals surface area contributed by atoms with Crippen LogP contribution < -0.4 is 5.32 Å². The second-order valence-electron chi connectivity index (χ2n) is 4.63. The van der Waals surface area contributed by atoms with Crippen molar-refractivity contribution >= 4 is 17.2 Å². The van der Waals surface area contributed by atoms with Gasteiger partial charge in [-0.05, 0) is 23.8 Å². The van der Waals surface area contributed by atoms with Crippen LogP contribution in [0.25, 0.3) is 0 Å². The Balaban J connectivity index is 2.12. The molecule has 82 valence electrons. The molecule has 1 aromatic heterocycles. The minimum absolute atomic E-state index is 0.207. The molecule has 1 saturated heterocycles. The van der Waals surface area contributed by atoms with Crippen LogP contribution in [0.2, 0.25) is 0 Å². The molecule has 1 N–H and O–H groups in total. The minimum Gasteiger partial charge on any atom is -0.353 e. The quantitative estimate of drug-likeness (QED) is 0.838. The molecule has 1 amide bonds. The topological polar surface area (TPSA) is 29.1 Å². The van der Waals surface area contributed by atoms with Gasteiger partial charge in [-0.2, -0.15) is 0 Å². The number of nitrogens with one attached hydrogen (secondary N) is 1. The first-order valence-electron chi connectivity index (χ1n) is 5.49. The maximum Gasteiger partial charge on any atom is 0.220 e. The minimum atomic E-state index is 0.207. The summed E-state index contributed by atoms with van der Waals surface area (Å²) in [5, 5.41) is 5.18. The third kappa shape index (κ3) is 2.40. The van der Waals surface area contributed by atoms with E-state index in [1.54, 1.807) is 11.3 Å². The van der Waals surface area contributed by atoms with Crippen LogP contribution in [-0.2, 0) is 4.79 Å². The fraction of sp³-hybridized carbons (Fsp3) is 0.583. The molecular weight excluding hydrogens is 206 g/mol. The summed E-state index contributed by atoms with van der Waals surface area (Å²) in [4.78, 5) is 12.8. The fourth-order valence-corrected chi connectivity index (χ4v) is 3.13. The molecule has 3 heteroatoms. The highest BCUT2D eigenvalue weighted by molar-refractivity contribution is 7.10. The van der Waals surface area contributed by atoms with Crippen molar-refractivity contribution in [3.8, 4) is 0 Å². The van der Waals surface area contributed by atoms with Crippen molar-refractivity contribution in [3.05, 3.63) is 22.4 Å². The zero-order valence-corrected chi connectivity index (χ0v) is 10.0. The molecule has 0 radical (unpaired) electrons. The lowest BCUT2D eigenvalue weighted by Crippen LogP contribution is -2.29. The monoisotopic (exact) mass is 223 g/mol. The normalized spacial score (nSPS) is 25.9. The van der Waals surface area contributed by atoms with E-state index in [2.05, 4.69) is 36.7 Å². The molecule has 2 rings (SSSR count). The van der Waals surface area contributed by atoms with Gasteiger partial charge in [0.1, 0.15) is 0 Å². The Labute approximate surface area is 94.7 Å². The lowest BCUT2D eigenvalue weighted by atomic mass is 9.92. The van der Waals surface area contributed by atoms with Crippen molar-refractivity contribution in [1.29, 1.82) is 0 Å². The molecule has 0 saturated carbocycles. The summed E-state index contributed by atoms with van der Waals surface area (Å²) in [7, 11) is 0. The molecule has 1 fully saturated rings. The Morgan fingerprint density at radius 2 is 2.40 bits per heavy atom. The number of carbonyl (C=O) groups excluding carboxylic acids is 1. The molecule has 0 aromatic carbocycles. The van der Waals surface area contributed by atoms with E-state index in [0.717, 1.165) is 6.42 Å². The van der Waals surface area contributed by atoms with Gasteiger partial charge in [-0.3, -0.25) is 4.79 Å². The van der Waals surface area contributed by atoms with Crippen LogP contribution in [0.4, 0.5) is 0 Å². The first kappa shape index (κ1) is 10.7. The van der Waals surface area contributed by atoms with Crippen LogP contribution >= 0.6 is 11.3 Å². The van der Waals surface area contributed by atoms with Crippen LogP contribution in [0, 0.1) is 5.92 Å². The van der Waals surface area contributed by atoms with Gasteiger partial charge in [-0.1, -0.05) is 19.9 Å². The molecule has 2 heterocycles. The van der Waals surface area contributed by atoms with Crippen molar-refractivity contribution in [2.24, 2.45) is 5.92 Å². The zero-order valence-electron chi connectivity index (χ0n) is 9.19. The Kier molecular flexibility index (Phi) is 3.10. The molecule has 1 aliphatic rings. The van der Waals surface area contributed by atoms with E-state index in [9.17, 15) is 4.79 Å². The largest absolute Gasteiger partial charge is 0.353 e. The number of carbonyl (C=O) groups is 1. The molecule has 0 spiro atoms. The van der Waals surface area contributed by atoms with Crippen LogP contribution in [-0.4, -0.2) is 11.9 Å². The highest BCUT2D eigenvalue weighted by Gasteiger charge is 2.34. The average molecular weight is 223 g/mol. The van der Waals surface area contributed by atoms with Crippen molar-refractivity contribution in [2.45, 2.75) is 38.6 Å². The molecule has 2 unspecified atom stereocenters. The van der Waals surface area contributed by atoms with Crippen molar-refractivity contribution in [1.82, 2.24) is 5.32 Å². The first-order valence-corrected chi connectivity index (χ1v) is 6.37. The summed E-state index contributed by atoms with van der Waals surface area (Å²) < 4.78 is 0. The van der Waals surface area contributed by atoms with Crippen molar-refractivity contribution in [3.63, 3.8) is 0 Å². The molecule has 15 heavy (non-hydrogen) atoms. The van der Waals surface area contributed by atoms with Crippen molar-refractivity contribution < 1.29 is 4.79 Å². The van der Waals surface area contributed by atoms with Gasteiger partial charge in [0.25, 0.3) is 0 Å². The highest BCUT2D eigenvalue weighted by atomic mass is 32.1. The third-order valence-electron chi connectivity index (χ3n) is 2.87. The van der Waals surface area contributed by atoms with E-state index in [-0.39, 0.29) is 5.91 Å². The van der Waals surface area contributed by atoms with Gasteiger partial charge in [0, 0.05) is 23.3 Å². The lowest BCUT2D eigenvalue weighted by Gasteiger charge is -2.19. The van der Waals surface area contributed by atoms with Gasteiger partial charge in [0.05, 0.1) is 0 Å². The van der Waals surface area contributed by atoms with E-state index in [1.807, 2.05) is 0 Å². The third-order valence-corrected chi connectivity index (χ3v) is 3.88. The molecule has 2 nitrogen and oxygen atoms in total. The van der Waals surface area contributed by atoms with Gasteiger partial charge in [-0.15, -0.1) is 11.3 Å². The Morgan fingerprint density at radius 3 is 3.00 bits per heavy atom. The van der Waals surface area contributed by atoms with Gasteiger partial charge in [-0.25, -0.2) is 0 Å². The second-order valence-corrected chi connectivity index (χ2v) is 5.61. The maximum atomic E-state index is 11.4. The summed E-state index contributed by atoms with van der Waals surface area (Å²) in [6.45, 7) is 4.41. The number of rotatable bonds is 3. The molecule has 2 atom stereocenters. The van der Waals surface area contributed by atoms with Crippen LogP contribution in [0.3, 0.4) is 0 Å². The number of hydrogen-bond donors (Lipinski definition) is 1. The maximum absolute atomic E-state index is 11.4. The van der Waals surface area contributed by atoms with Crippen LogP contribution in [0.5, 0.6) is 0 Å². The second kappa shape index (κ2) is 4.35.